The average Bonchev–Trinajstić information content (AvgIpc) is 3.04. The van der Waals surface area contributed by atoms with E-state index in [-0.39, 0.29) is 5.70 Å². The van der Waals surface area contributed by atoms with Gasteiger partial charge in [-0.3, -0.25) is 9.59 Å². The van der Waals surface area contributed by atoms with Crippen molar-refractivity contribution in [1.82, 2.24) is 0 Å². The average molecular weight is 419 g/mol. The highest BCUT2D eigenvalue weighted by Crippen LogP contribution is 2.39. The topological polar surface area (TPSA) is 49.9 Å². The number of methoxy groups -OCH3 is 1. The number of carbonyl (C=O) groups is 2. The van der Waals surface area contributed by atoms with Crippen molar-refractivity contribution >= 4 is 40.4 Å². The van der Waals surface area contributed by atoms with E-state index in [4.69, 9.17) is 16.3 Å². The van der Waals surface area contributed by atoms with Crippen molar-refractivity contribution in [3.8, 4) is 5.75 Å². The fourth-order valence-corrected chi connectivity index (χ4v) is 3.65. The van der Waals surface area contributed by atoms with E-state index in [1.54, 1.807) is 48.3 Å². The number of imide groups is 1. The lowest BCUT2D eigenvalue weighted by molar-refractivity contribution is -0.120. The van der Waals surface area contributed by atoms with Crippen LogP contribution in [0.3, 0.4) is 0 Å². The van der Waals surface area contributed by atoms with Crippen LogP contribution in [0.1, 0.15) is 5.56 Å². The summed E-state index contributed by atoms with van der Waals surface area (Å²) in [6.07, 6.45) is 0. The van der Waals surface area contributed by atoms with Crippen LogP contribution >= 0.6 is 11.6 Å². The molecule has 0 spiro atoms. The largest absolute Gasteiger partial charge is 0.496 e. The van der Waals surface area contributed by atoms with Crippen molar-refractivity contribution in [1.29, 1.82) is 0 Å². The molecule has 30 heavy (non-hydrogen) atoms. The van der Waals surface area contributed by atoms with Crippen LogP contribution in [-0.2, 0) is 9.59 Å². The van der Waals surface area contributed by atoms with Crippen LogP contribution in [0.5, 0.6) is 5.75 Å². The summed E-state index contributed by atoms with van der Waals surface area (Å²) < 4.78 is 5.48. The Hall–Kier alpha value is -3.57. The van der Waals surface area contributed by atoms with Crippen molar-refractivity contribution in [3.63, 3.8) is 0 Å². The van der Waals surface area contributed by atoms with Crippen molar-refractivity contribution in [3.05, 3.63) is 95.1 Å². The van der Waals surface area contributed by atoms with Crippen LogP contribution in [-0.4, -0.2) is 26.0 Å². The van der Waals surface area contributed by atoms with Gasteiger partial charge in [-0.25, -0.2) is 4.90 Å². The number of nitrogens with zero attached hydrogens (tertiary/aromatic N) is 2. The molecule has 0 saturated carbocycles. The lowest BCUT2D eigenvalue weighted by atomic mass is 10.0. The van der Waals surface area contributed by atoms with Gasteiger partial charge in [0.25, 0.3) is 11.8 Å². The van der Waals surface area contributed by atoms with Crippen LogP contribution in [0.15, 0.2) is 84.6 Å². The molecule has 3 aromatic rings. The highest BCUT2D eigenvalue weighted by Gasteiger charge is 2.42. The molecule has 5 nitrogen and oxygen atoms in total. The minimum absolute atomic E-state index is 0.283. The number of benzene rings is 3. The molecular formula is C24H19ClN2O3. The van der Waals surface area contributed by atoms with E-state index in [0.717, 1.165) is 5.69 Å². The van der Waals surface area contributed by atoms with Gasteiger partial charge in [0.2, 0.25) is 0 Å². The molecule has 0 radical (unpaired) electrons. The van der Waals surface area contributed by atoms with Gasteiger partial charge in [0, 0.05) is 23.3 Å². The lowest BCUT2D eigenvalue weighted by Crippen LogP contribution is -2.34. The molecule has 0 aromatic heterocycles. The number of carbonyl (C=O) groups excluding carboxylic acids is 2. The Labute approximate surface area is 179 Å². The van der Waals surface area contributed by atoms with Gasteiger partial charge in [-0.15, -0.1) is 0 Å². The van der Waals surface area contributed by atoms with Crippen molar-refractivity contribution in [2.24, 2.45) is 0 Å². The van der Waals surface area contributed by atoms with Crippen LogP contribution in [0, 0.1) is 0 Å². The molecule has 0 unspecified atom stereocenters. The van der Waals surface area contributed by atoms with E-state index >= 15 is 0 Å². The first kappa shape index (κ1) is 19.7. The molecule has 1 aliphatic heterocycles. The minimum atomic E-state index is -0.412. The first-order valence-corrected chi connectivity index (χ1v) is 9.71. The van der Waals surface area contributed by atoms with Gasteiger partial charge in [0.1, 0.15) is 11.4 Å². The maximum Gasteiger partial charge on any atom is 0.282 e. The van der Waals surface area contributed by atoms with Crippen LogP contribution in [0.4, 0.5) is 11.4 Å². The number of ether oxygens (including phenoxy) is 1. The van der Waals surface area contributed by atoms with E-state index in [2.05, 4.69) is 0 Å². The summed E-state index contributed by atoms with van der Waals surface area (Å²) in [5, 5.41) is 0.525. The molecule has 0 atom stereocenters. The third-order valence-electron chi connectivity index (χ3n) is 5.00. The zero-order valence-electron chi connectivity index (χ0n) is 16.5. The Morgan fingerprint density at radius 3 is 2.13 bits per heavy atom. The summed E-state index contributed by atoms with van der Waals surface area (Å²) in [7, 11) is 3.31. The van der Waals surface area contributed by atoms with E-state index < -0.39 is 11.8 Å². The van der Waals surface area contributed by atoms with E-state index in [1.807, 2.05) is 42.5 Å². The molecule has 4 rings (SSSR count). The molecule has 0 bridgehead atoms. The fourth-order valence-electron chi connectivity index (χ4n) is 3.53. The summed E-state index contributed by atoms with van der Waals surface area (Å²) in [6.45, 7) is 0. The Morgan fingerprint density at radius 1 is 0.833 bits per heavy atom. The lowest BCUT2D eigenvalue weighted by Gasteiger charge is -2.21. The van der Waals surface area contributed by atoms with Gasteiger partial charge >= 0.3 is 0 Å². The third-order valence-corrected chi connectivity index (χ3v) is 5.25. The molecular weight excluding hydrogens is 400 g/mol. The maximum atomic E-state index is 13.5. The normalized spacial score (nSPS) is 13.8. The third kappa shape index (κ3) is 3.33. The highest BCUT2D eigenvalue weighted by molar-refractivity contribution is 6.46. The number of hydrogen-bond donors (Lipinski definition) is 0. The molecule has 1 aliphatic rings. The van der Waals surface area contributed by atoms with Crippen molar-refractivity contribution in [2.45, 2.75) is 0 Å². The molecule has 6 heteroatoms. The quantitative estimate of drug-likeness (QED) is 0.560. The number of anilines is 2. The number of rotatable bonds is 5. The first-order valence-electron chi connectivity index (χ1n) is 9.33. The van der Waals surface area contributed by atoms with Gasteiger partial charge in [-0.1, -0.05) is 48.0 Å². The molecule has 150 valence electrons. The molecule has 1 heterocycles. The van der Waals surface area contributed by atoms with Crippen molar-refractivity contribution < 1.29 is 14.3 Å². The molecule has 0 N–H and O–H groups in total. The molecule has 3 aromatic carbocycles. The molecule has 2 amide bonds. The predicted molar refractivity (Wildman–Crippen MR) is 119 cm³/mol. The van der Waals surface area contributed by atoms with E-state index in [9.17, 15) is 9.59 Å². The predicted octanol–water partition coefficient (Wildman–Crippen LogP) is 4.77. The summed E-state index contributed by atoms with van der Waals surface area (Å²) in [4.78, 5) is 30.0. The maximum absolute atomic E-state index is 13.5. The second-order valence-electron chi connectivity index (χ2n) is 6.74. The second-order valence-corrected chi connectivity index (χ2v) is 7.18. The summed E-state index contributed by atoms with van der Waals surface area (Å²) in [5.41, 5.74) is 2.38. The van der Waals surface area contributed by atoms with E-state index in [1.165, 1.54) is 12.0 Å². The highest BCUT2D eigenvalue weighted by atomic mass is 35.5. The van der Waals surface area contributed by atoms with Gasteiger partial charge in [0.15, 0.2) is 0 Å². The Morgan fingerprint density at radius 2 is 1.47 bits per heavy atom. The molecule has 0 saturated heterocycles. The second kappa shape index (κ2) is 8.05. The number of halogens is 1. The monoisotopic (exact) mass is 418 g/mol. The molecule has 0 fully saturated rings. The smallest absolute Gasteiger partial charge is 0.282 e. The molecule has 0 aliphatic carbocycles. The van der Waals surface area contributed by atoms with Gasteiger partial charge in [-0.2, -0.15) is 0 Å². The number of amides is 2. The number of hydrogen-bond acceptors (Lipinski definition) is 4. The van der Waals surface area contributed by atoms with Crippen molar-refractivity contribution in [2.75, 3.05) is 24.0 Å². The summed E-state index contributed by atoms with van der Waals surface area (Å²) >= 11 is 5.99. The SMILES string of the molecule is COc1ccccc1C1=C(N(C)c2ccccc2)C(=O)N(c2ccc(Cl)cc2)C1=O. The Balaban J connectivity index is 1.91. The Kier molecular flexibility index (Phi) is 5.29. The summed E-state index contributed by atoms with van der Waals surface area (Å²) in [6, 6.07) is 23.2. The van der Waals surface area contributed by atoms with E-state index in [0.29, 0.717) is 27.6 Å². The van der Waals surface area contributed by atoms with Gasteiger partial charge < -0.3 is 9.64 Å². The van der Waals surface area contributed by atoms with Crippen LogP contribution < -0.4 is 14.5 Å². The van der Waals surface area contributed by atoms with Gasteiger partial charge in [0.05, 0.1) is 18.4 Å². The van der Waals surface area contributed by atoms with Crippen LogP contribution in [0.2, 0.25) is 5.02 Å². The Bertz CT molecular complexity index is 1140. The van der Waals surface area contributed by atoms with Crippen LogP contribution in [0.25, 0.3) is 5.57 Å². The minimum Gasteiger partial charge on any atom is -0.496 e. The zero-order valence-corrected chi connectivity index (χ0v) is 17.3. The fraction of sp³-hybridized carbons (Fsp3) is 0.0833. The summed E-state index contributed by atoms with van der Waals surface area (Å²) in [5.74, 6) is -0.301. The number of likely N-dealkylation sites (N-methyl/N-ethyl adjacent to an activating group) is 1. The first-order chi connectivity index (χ1) is 14.5. The number of para-hydroxylation sites is 2. The zero-order chi connectivity index (χ0) is 21.3. The van der Waals surface area contributed by atoms with Gasteiger partial charge in [-0.05, 0) is 42.5 Å². The standard InChI is InChI=1S/C24H19ClN2O3/c1-26(17-8-4-3-5-9-17)22-21(19-10-6-7-11-20(19)30-2)23(28)27(24(22)29)18-14-12-16(25)13-15-18/h3-15H,1-2H3.